The zero-order valence-corrected chi connectivity index (χ0v) is 16.3. The molecule has 0 fully saturated rings. The number of alkyl halides is 1. The number of benzene rings is 1. The highest BCUT2D eigenvalue weighted by Crippen LogP contribution is 2.45. The van der Waals surface area contributed by atoms with Crippen molar-refractivity contribution in [2.45, 2.75) is 3.26 Å². The van der Waals surface area contributed by atoms with Crippen molar-refractivity contribution in [3.63, 3.8) is 0 Å². The number of methoxy groups -OCH3 is 1. The summed E-state index contributed by atoms with van der Waals surface area (Å²) in [5.41, 5.74) is 1.73. The van der Waals surface area contributed by atoms with Crippen LogP contribution in [0.1, 0.15) is 0 Å². The van der Waals surface area contributed by atoms with E-state index >= 15 is 0 Å². The van der Waals surface area contributed by atoms with E-state index in [-0.39, 0.29) is 0 Å². The Balaban J connectivity index is 2.03. The summed E-state index contributed by atoms with van der Waals surface area (Å²) >= 11 is 16.4. The van der Waals surface area contributed by atoms with Crippen LogP contribution in [0.5, 0.6) is 5.75 Å². The standard InChI is InChI=1S/C15H10Cl2IN3OS/c1-22-12-6-11(9(16)5-10(12)17)20-15-14-8(4-13(18)23-14)2-3-21(15)7-19/h2-6,13,20H,1H3. The van der Waals surface area contributed by atoms with E-state index in [9.17, 15) is 5.26 Å². The molecule has 4 nitrogen and oxygen atoms in total. The zero-order chi connectivity index (χ0) is 16.6. The van der Waals surface area contributed by atoms with Crippen LogP contribution in [0.3, 0.4) is 0 Å². The summed E-state index contributed by atoms with van der Waals surface area (Å²) < 4.78 is 5.56. The molecule has 2 aliphatic heterocycles. The van der Waals surface area contributed by atoms with E-state index in [4.69, 9.17) is 27.9 Å². The molecule has 0 saturated heterocycles. The molecule has 1 N–H and O–H groups in total. The van der Waals surface area contributed by atoms with Crippen LogP contribution in [-0.4, -0.2) is 15.3 Å². The summed E-state index contributed by atoms with van der Waals surface area (Å²) in [5, 5.41) is 13.5. The lowest BCUT2D eigenvalue weighted by Gasteiger charge is -2.24. The number of ether oxygens (including phenoxy) is 1. The molecule has 2 heterocycles. The van der Waals surface area contributed by atoms with E-state index in [0.29, 0.717) is 30.6 Å². The smallest absolute Gasteiger partial charge is 0.190 e. The molecular formula is C15H10Cl2IN3OS. The molecule has 0 amide bonds. The Morgan fingerprint density at radius 3 is 2.87 bits per heavy atom. The minimum atomic E-state index is 0.327. The van der Waals surface area contributed by atoms with Crippen molar-refractivity contribution in [1.82, 2.24) is 4.90 Å². The Kier molecular flexibility index (Phi) is 5.01. The maximum Gasteiger partial charge on any atom is 0.190 e. The van der Waals surface area contributed by atoms with Crippen molar-refractivity contribution in [1.29, 1.82) is 5.26 Å². The topological polar surface area (TPSA) is 48.3 Å². The van der Waals surface area contributed by atoms with Crippen LogP contribution in [0.25, 0.3) is 0 Å². The molecule has 23 heavy (non-hydrogen) atoms. The molecule has 1 unspecified atom stereocenters. The first-order valence-corrected chi connectivity index (χ1v) is 9.36. The number of hydrogen-bond donors (Lipinski definition) is 1. The van der Waals surface area contributed by atoms with Crippen LogP contribution in [-0.2, 0) is 0 Å². The van der Waals surface area contributed by atoms with Gasteiger partial charge in [-0.15, -0.1) is 11.8 Å². The zero-order valence-electron chi connectivity index (χ0n) is 11.8. The van der Waals surface area contributed by atoms with E-state index in [0.717, 1.165) is 10.5 Å². The second kappa shape index (κ2) is 6.85. The van der Waals surface area contributed by atoms with Crippen molar-refractivity contribution in [3.8, 4) is 11.9 Å². The first-order chi connectivity index (χ1) is 11.0. The predicted molar refractivity (Wildman–Crippen MR) is 104 cm³/mol. The van der Waals surface area contributed by atoms with Gasteiger partial charge in [0.15, 0.2) is 6.19 Å². The summed E-state index contributed by atoms with van der Waals surface area (Å²) in [5.74, 6) is 1.19. The molecule has 2 aliphatic rings. The summed E-state index contributed by atoms with van der Waals surface area (Å²) in [6.07, 6.45) is 7.95. The fourth-order valence-corrected chi connectivity index (χ4v) is 4.83. The highest BCUT2D eigenvalue weighted by atomic mass is 127. The van der Waals surface area contributed by atoms with Gasteiger partial charge in [-0.05, 0) is 17.7 Å². The van der Waals surface area contributed by atoms with Gasteiger partial charge < -0.3 is 10.1 Å². The minimum absolute atomic E-state index is 0.327. The molecule has 3 rings (SSSR count). The fraction of sp³-hybridized carbons (Fsp3) is 0.133. The number of hydrogen-bond acceptors (Lipinski definition) is 5. The van der Waals surface area contributed by atoms with Gasteiger partial charge in [0, 0.05) is 12.3 Å². The Hall–Kier alpha value is -1.01. The highest BCUT2D eigenvalue weighted by molar-refractivity contribution is 14.1. The van der Waals surface area contributed by atoms with Crippen molar-refractivity contribution in [2.75, 3.05) is 12.4 Å². The van der Waals surface area contributed by atoms with Gasteiger partial charge in [0.2, 0.25) is 0 Å². The average Bonchev–Trinajstić information content (AvgIpc) is 2.90. The summed E-state index contributed by atoms with van der Waals surface area (Å²) in [4.78, 5) is 2.49. The molecule has 0 radical (unpaired) electrons. The second-order valence-corrected chi connectivity index (χ2v) is 8.80. The third-order valence-electron chi connectivity index (χ3n) is 3.26. The van der Waals surface area contributed by atoms with E-state index in [1.165, 1.54) is 4.90 Å². The minimum Gasteiger partial charge on any atom is -0.495 e. The first kappa shape index (κ1) is 16.8. The van der Waals surface area contributed by atoms with Crippen LogP contribution in [0.4, 0.5) is 5.69 Å². The molecule has 0 spiro atoms. The molecule has 0 aliphatic carbocycles. The van der Waals surface area contributed by atoms with Gasteiger partial charge in [0.25, 0.3) is 0 Å². The Morgan fingerprint density at radius 1 is 1.39 bits per heavy atom. The Labute approximate surface area is 161 Å². The lowest BCUT2D eigenvalue weighted by atomic mass is 10.2. The van der Waals surface area contributed by atoms with E-state index in [2.05, 4.69) is 40.2 Å². The van der Waals surface area contributed by atoms with Gasteiger partial charge >= 0.3 is 0 Å². The van der Waals surface area contributed by atoms with Crippen molar-refractivity contribution < 1.29 is 4.74 Å². The normalized spacial score (nSPS) is 19.3. The lowest BCUT2D eigenvalue weighted by Crippen LogP contribution is -2.21. The Morgan fingerprint density at radius 2 is 2.17 bits per heavy atom. The number of halogens is 3. The molecule has 118 valence electrons. The quantitative estimate of drug-likeness (QED) is 0.362. The summed E-state index contributed by atoms with van der Waals surface area (Å²) in [6, 6.07) is 3.33. The first-order valence-electron chi connectivity index (χ1n) is 6.48. The van der Waals surface area contributed by atoms with Crippen LogP contribution in [0, 0.1) is 11.5 Å². The molecular weight excluding hydrogens is 468 g/mol. The average molecular weight is 478 g/mol. The number of nitrogens with zero attached hydrogens (tertiary/aromatic N) is 2. The monoisotopic (exact) mass is 477 g/mol. The van der Waals surface area contributed by atoms with Gasteiger partial charge in [-0.25, -0.2) is 4.90 Å². The van der Waals surface area contributed by atoms with Crippen LogP contribution in [0.2, 0.25) is 10.0 Å². The van der Waals surface area contributed by atoms with E-state index in [1.54, 1.807) is 37.2 Å². The number of nitrogens with one attached hydrogen (secondary N) is 1. The molecule has 0 bridgehead atoms. The van der Waals surface area contributed by atoms with E-state index < -0.39 is 0 Å². The third-order valence-corrected chi connectivity index (χ3v) is 6.02. The number of rotatable bonds is 3. The predicted octanol–water partition coefficient (Wildman–Crippen LogP) is 5.33. The van der Waals surface area contributed by atoms with Gasteiger partial charge in [0.05, 0.1) is 31.0 Å². The number of nitriles is 1. The van der Waals surface area contributed by atoms with Gasteiger partial charge in [-0.2, -0.15) is 5.26 Å². The van der Waals surface area contributed by atoms with Crippen LogP contribution < -0.4 is 10.1 Å². The fourth-order valence-electron chi connectivity index (χ4n) is 2.20. The lowest BCUT2D eigenvalue weighted by molar-refractivity contribution is 0.415. The number of fused-ring (bicyclic) bond motifs is 1. The molecule has 1 atom stereocenters. The van der Waals surface area contributed by atoms with Gasteiger partial charge in [-0.3, -0.25) is 0 Å². The molecule has 1 aromatic carbocycles. The van der Waals surface area contributed by atoms with Crippen molar-refractivity contribution in [3.05, 3.63) is 56.8 Å². The molecule has 0 aromatic heterocycles. The highest BCUT2D eigenvalue weighted by Gasteiger charge is 2.28. The van der Waals surface area contributed by atoms with E-state index in [1.807, 2.05) is 6.08 Å². The maximum atomic E-state index is 9.38. The Bertz CT molecular complexity index is 801. The van der Waals surface area contributed by atoms with Gasteiger partial charge in [0.1, 0.15) is 11.6 Å². The summed E-state index contributed by atoms with van der Waals surface area (Å²) in [7, 11) is 1.54. The van der Waals surface area contributed by atoms with Crippen molar-refractivity contribution >= 4 is 63.2 Å². The SMILES string of the molecule is COc1cc(NC2=C3SC(I)C=C3C=CN2C#N)c(Cl)cc1Cl. The largest absolute Gasteiger partial charge is 0.495 e. The van der Waals surface area contributed by atoms with Crippen LogP contribution >= 0.6 is 57.6 Å². The van der Waals surface area contributed by atoms with Crippen LogP contribution in [0.15, 0.2) is 46.8 Å². The molecule has 8 heteroatoms. The molecule has 1 aromatic rings. The van der Waals surface area contributed by atoms with Gasteiger partial charge in [-0.1, -0.05) is 51.9 Å². The maximum absolute atomic E-state index is 9.38. The molecule has 0 saturated carbocycles. The number of anilines is 1. The van der Waals surface area contributed by atoms with Crippen molar-refractivity contribution in [2.24, 2.45) is 0 Å². The number of allylic oxidation sites excluding steroid dienone is 2. The third kappa shape index (κ3) is 3.29. The summed E-state index contributed by atoms with van der Waals surface area (Å²) in [6.45, 7) is 0. The number of thioether (sulfide) groups is 1. The second-order valence-electron chi connectivity index (χ2n) is 4.65.